The SMILES string of the molecule is O=C(CCN1CCCC1)N1CC(Oc2ccc(NC(=O)N3Cc4ccncc4C3)cc2)C1. The molecular weight excluding hydrogens is 406 g/mol. The van der Waals surface area contributed by atoms with Gasteiger partial charge in [-0.2, -0.15) is 0 Å². The number of likely N-dealkylation sites (tertiary alicyclic amines) is 2. The Morgan fingerprint density at radius 1 is 1.00 bits per heavy atom. The van der Waals surface area contributed by atoms with Crippen molar-refractivity contribution in [3.8, 4) is 5.75 Å². The van der Waals surface area contributed by atoms with Crippen LogP contribution in [0.15, 0.2) is 42.7 Å². The number of nitrogens with one attached hydrogen (secondary N) is 1. The second-order valence-electron chi connectivity index (χ2n) is 8.79. The molecule has 1 aromatic heterocycles. The third kappa shape index (κ3) is 4.70. The Balaban J connectivity index is 1.04. The van der Waals surface area contributed by atoms with Gasteiger partial charge in [-0.3, -0.25) is 9.78 Å². The number of urea groups is 1. The van der Waals surface area contributed by atoms with E-state index in [1.807, 2.05) is 41.4 Å². The number of hydrogen-bond acceptors (Lipinski definition) is 5. The number of hydrogen-bond donors (Lipinski definition) is 1. The quantitative estimate of drug-likeness (QED) is 0.755. The highest BCUT2D eigenvalue weighted by molar-refractivity contribution is 5.89. The number of fused-ring (bicyclic) bond motifs is 1. The second kappa shape index (κ2) is 9.16. The number of carbonyl (C=O) groups is 2. The largest absolute Gasteiger partial charge is 0.487 e. The Labute approximate surface area is 188 Å². The summed E-state index contributed by atoms with van der Waals surface area (Å²) in [7, 11) is 0. The lowest BCUT2D eigenvalue weighted by atomic mass is 10.1. The molecule has 0 saturated carbocycles. The average Bonchev–Trinajstić information content (AvgIpc) is 3.45. The number of nitrogens with zero attached hydrogens (tertiary/aromatic N) is 4. The Morgan fingerprint density at radius 2 is 1.75 bits per heavy atom. The van der Waals surface area contributed by atoms with E-state index in [2.05, 4.69) is 15.2 Å². The Hall–Kier alpha value is -3.13. The molecule has 4 heterocycles. The summed E-state index contributed by atoms with van der Waals surface area (Å²) < 4.78 is 5.98. The highest BCUT2D eigenvalue weighted by atomic mass is 16.5. The monoisotopic (exact) mass is 435 g/mol. The summed E-state index contributed by atoms with van der Waals surface area (Å²) in [4.78, 5) is 35.0. The Kier molecular flexibility index (Phi) is 5.94. The number of ether oxygens (including phenoxy) is 1. The van der Waals surface area contributed by atoms with Gasteiger partial charge in [0.15, 0.2) is 0 Å². The number of pyridine rings is 1. The topological polar surface area (TPSA) is 78.0 Å². The van der Waals surface area contributed by atoms with Gasteiger partial charge in [0, 0.05) is 44.1 Å². The van der Waals surface area contributed by atoms with E-state index in [-0.39, 0.29) is 18.0 Å². The van der Waals surface area contributed by atoms with Gasteiger partial charge in [0.2, 0.25) is 5.91 Å². The van der Waals surface area contributed by atoms with Gasteiger partial charge in [-0.1, -0.05) is 0 Å². The van der Waals surface area contributed by atoms with E-state index < -0.39 is 0 Å². The van der Waals surface area contributed by atoms with Crippen molar-refractivity contribution in [2.24, 2.45) is 0 Å². The van der Waals surface area contributed by atoms with E-state index in [0.29, 0.717) is 32.6 Å². The number of rotatable bonds is 6. The molecule has 0 radical (unpaired) electrons. The lowest BCUT2D eigenvalue weighted by Crippen LogP contribution is -2.56. The fourth-order valence-corrected chi connectivity index (χ4v) is 4.51. The molecule has 5 rings (SSSR count). The molecule has 32 heavy (non-hydrogen) atoms. The van der Waals surface area contributed by atoms with Gasteiger partial charge in [-0.15, -0.1) is 0 Å². The summed E-state index contributed by atoms with van der Waals surface area (Å²) in [5.41, 5.74) is 2.96. The van der Waals surface area contributed by atoms with Gasteiger partial charge in [-0.05, 0) is 67.4 Å². The van der Waals surface area contributed by atoms with Crippen molar-refractivity contribution in [1.29, 1.82) is 0 Å². The molecule has 2 aromatic rings. The van der Waals surface area contributed by atoms with Crippen LogP contribution in [-0.2, 0) is 17.9 Å². The van der Waals surface area contributed by atoms with Crippen LogP contribution in [0.2, 0.25) is 0 Å². The van der Waals surface area contributed by atoms with Gasteiger partial charge in [0.1, 0.15) is 11.9 Å². The van der Waals surface area contributed by atoms with Crippen LogP contribution >= 0.6 is 0 Å². The van der Waals surface area contributed by atoms with Crippen LogP contribution in [0.5, 0.6) is 5.75 Å². The molecule has 0 bridgehead atoms. The molecule has 168 valence electrons. The van der Waals surface area contributed by atoms with Crippen molar-refractivity contribution in [2.75, 3.05) is 38.0 Å². The number of aromatic nitrogens is 1. The molecule has 3 aliphatic heterocycles. The number of amides is 3. The molecule has 2 fully saturated rings. The molecule has 3 amide bonds. The highest BCUT2D eigenvalue weighted by Gasteiger charge is 2.32. The smallest absolute Gasteiger partial charge is 0.322 e. The zero-order valence-corrected chi connectivity index (χ0v) is 18.2. The summed E-state index contributed by atoms with van der Waals surface area (Å²) >= 11 is 0. The molecule has 0 unspecified atom stereocenters. The van der Waals surface area contributed by atoms with E-state index in [0.717, 1.165) is 42.2 Å². The summed E-state index contributed by atoms with van der Waals surface area (Å²) in [5.74, 6) is 0.964. The van der Waals surface area contributed by atoms with E-state index in [9.17, 15) is 9.59 Å². The molecule has 0 spiro atoms. The van der Waals surface area contributed by atoms with E-state index in [1.165, 1.54) is 12.8 Å². The molecule has 8 nitrogen and oxygen atoms in total. The predicted molar refractivity (Wildman–Crippen MR) is 120 cm³/mol. The van der Waals surface area contributed by atoms with Crippen molar-refractivity contribution < 1.29 is 14.3 Å². The van der Waals surface area contributed by atoms with Crippen molar-refractivity contribution in [3.63, 3.8) is 0 Å². The molecule has 8 heteroatoms. The first-order valence-corrected chi connectivity index (χ1v) is 11.4. The lowest BCUT2D eigenvalue weighted by Gasteiger charge is -2.39. The molecule has 2 saturated heterocycles. The summed E-state index contributed by atoms with van der Waals surface area (Å²) in [6, 6.07) is 9.23. The van der Waals surface area contributed by atoms with Crippen LogP contribution in [-0.4, -0.2) is 70.4 Å². The summed E-state index contributed by atoms with van der Waals surface area (Å²) in [6.45, 7) is 5.57. The van der Waals surface area contributed by atoms with Crippen molar-refractivity contribution in [1.82, 2.24) is 19.7 Å². The number of carbonyl (C=O) groups excluding carboxylic acids is 2. The van der Waals surface area contributed by atoms with Crippen molar-refractivity contribution in [2.45, 2.75) is 38.5 Å². The minimum absolute atomic E-state index is 0.0305. The fourth-order valence-electron chi connectivity index (χ4n) is 4.51. The van der Waals surface area contributed by atoms with Crippen LogP contribution in [0, 0.1) is 0 Å². The van der Waals surface area contributed by atoms with Gasteiger partial charge in [0.25, 0.3) is 0 Å². The van der Waals surface area contributed by atoms with Gasteiger partial charge >= 0.3 is 6.03 Å². The van der Waals surface area contributed by atoms with Crippen molar-refractivity contribution in [3.05, 3.63) is 53.9 Å². The molecule has 1 N–H and O–H groups in total. The average molecular weight is 436 g/mol. The maximum absolute atomic E-state index is 12.6. The minimum Gasteiger partial charge on any atom is -0.487 e. The maximum Gasteiger partial charge on any atom is 0.322 e. The molecule has 0 atom stereocenters. The van der Waals surface area contributed by atoms with Crippen LogP contribution in [0.25, 0.3) is 0 Å². The Morgan fingerprint density at radius 3 is 2.50 bits per heavy atom. The zero-order valence-electron chi connectivity index (χ0n) is 18.2. The minimum atomic E-state index is -0.128. The Bertz CT molecular complexity index is 943. The number of benzene rings is 1. The normalized spacial score (nSPS) is 18.4. The van der Waals surface area contributed by atoms with Crippen molar-refractivity contribution >= 4 is 17.6 Å². The fraction of sp³-hybridized carbons (Fsp3) is 0.458. The summed E-state index contributed by atoms with van der Waals surface area (Å²) in [6.07, 6.45) is 6.70. The van der Waals surface area contributed by atoms with Crippen LogP contribution in [0.3, 0.4) is 0 Å². The molecule has 1 aromatic carbocycles. The molecular formula is C24H29N5O3. The van der Waals surface area contributed by atoms with Crippen LogP contribution in [0.4, 0.5) is 10.5 Å². The summed E-state index contributed by atoms with van der Waals surface area (Å²) in [5, 5.41) is 2.94. The predicted octanol–water partition coefficient (Wildman–Crippen LogP) is 2.70. The third-order valence-corrected chi connectivity index (χ3v) is 6.46. The molecule has 3 aliphatic rings. The van der Waals surface area contributed by atoms with E-state index >= 15 is 0 Å². The highest BCUT2D eigenvalue weighted by Crippen LogP contribution is 2.24. The molecule has 0 aliphatic carbocycles. The number of anilines is 1. The van der Waals surface area contributed by atoms with Gasteiger partial charge < -0.3 is 24.8 Å². The maximum atomic E-state index is 12.6. The van der Waals surface area contributed by atoms with E-state index in [1.54, 1.807) is 11.1 Å². The first kappa shape index (κ1) is 20.8. The lowest BCUT2D eigenvalue weighted by molar-refractivity contribution is -0.140. The first-order chi connectivity index (χ1) is 15.6. The second-order valence-corrected chi connectivity index (χ2v) is 8.79. The van der Waals surface area contributed by atoms with Crippen LogP contribution < -0.4 is 10.1 Å². The van der Waals surface area contributed by atoms with Gasteiger partial charge in [0.05, 0.1) is 13.1 Å². The standard InChI is InChI=1S/C24H29N5O3/c30-23(8-12-27-10-1-2-11-27)28-16-22(17-28)32-21-5-3-20(4-6-21)26-24(31)29-14-18-7-9-25-13-19(18)15-29/h3-7,9,13,22H,1-2,8,10-12,14-17H2,(H,26,31). The van der Waals surface area contributed by atoms with Gasteiger partial charge in [-0.25, -0.2) is 4.79 Å². The van der Waals surface area contributed by atoms with E-state index in [4.69, 9.17) is 4.74 Å². The third-order valence-electron chi connectivity index (χ3n) is 6.46. The van der Waals surface area contributed by atoms with Crippen LogP contribution in [0.1, 0.15) is 30.4 Å². The zero-order chi connectivity index (χ0) is 21.9. The first-order valence-electron chi connectivity index (χ1n) is 11.4.